The lowest BCUT2D eigenvalue weighted by molar-refractivity contribution is -0.148. The molecule has 0 saturated carbocycles. The van der Waals surface area contributed by atoms with E-state index in [-0.39, 0.29) is 22.6 Å². The Labute approximate surface area is 146 Å². The molecule has 1 heterocycles. The van der Waals surface area contributed by atoms with Gasteiger partial charge in [0.1, 0.15) is 22.8 Å². The SMILES string of the molecule is CC(=O)OC1C(=O)c2c(O)cc(O)cc2OC1c1cc(O)c(O)c(O)c1. The number of rotatable bonds is 2. The molecule has 1 aliphatic heterocycles. The Balaban J connectivity index is 2.16. The van der Waals surface area contributed by atoms with Crippen LogP contribution in [0, 0.1) is 0 Å². The molecule has 2 unspecified atom stereocenters. The Kier molecular flexibility index (Phi) is 3.99. The fourth-order valence-electron chi connectivity index (χ4n) is 2.73. The third-order valence-corrected chi connectivity index (χ3v) is 3.81. The van der Waals surface area contributed by atoms with E-state index in [0.717, 1.165) is 31.2 Å². The molecule has 2 aromatic rings. The molecule has 0 bridgehead atoms. The number of carbonyl (C=O) groups excluding carboxylic acids is 2. The van der Waals surface area contributed by atoms with Crippen molar-refractivity contribution >= 4 is 11.8 Å². The van der Waals surface area contributed by atoms with Crippen molar-refractivity contribution in [3.8, 4) is 34.5 Å². The minimum Gasteiger partial charge on any atom is -0.508 e. The van der Waals surface area contributed by atoms with E-state index >= 15 is 0 Å². The summed E-state index contributed by atoms with van der Waals surface area (Å²) in [5.41, 5.74) is -0.261. The van der Waals surface area contributed by atoms with Gasteiger partial charge in [0.2, 0.25) is 11.9 Å². The average molecular weight is 362 g/mol. The van der Waals surface area contributed by atoms with Crippen molar-refractivity contribution in [3.05, 3.63) is 35.4 Å². The molecule has 3 rings (SSSR count). The van der Waals surface area contributed by atoms with Crippen molar-refractivity contribution in [1.82, 2.24) is 0 Å². The summed E-state index contributed by atoms with van der Waals surface area (Å²) in [6, 6.07) is 4.07. The number of hydrogen-bond acceptors (Lipinski definition) is 9. The molecule has 0 saturated heterocycles. The van der Waals surface area contributed by atoms with Gasteiger partial charge in [0.05, 0.1) is 0 Å². The maximum absolute atomic E-state index is 12.7. The number of hydrogen-bond donors (Lipinski definition) is 5. The number of phenolic OH excluding ortho intramolecular Hbond substituents is 5. The van der Waals surface area contributed by atoms with Crippen molar-refractivity contribution in [2.24, 2.45) is 0 Å². The second-order valence-electron chi connectivity index (χ2n) is 5.68. The van der Waals surface area contributed by atoms with E-state index in [1.165, 1.54) is 0 Å². The molecule has 2 aromatic carbocycles. The lowest BCUT2D eigenvalue weighted by atomic mass is 9.92. The lowest BCUT2D eigenvalue weighted by Gasteiger charge is -2.32. The molecule has 26 heavy (non-hydrogen) atoms. The first-order valence-corrected chi connectivity index (χ1v) is 7.38. The first-order valence-electron chi connectivity index (χ1n) is 7.38. The van der Waals surface area contributed by atoms with Crippen LogP contribution in [0.1, 0.15) is 28.9 Å². The summed E-state index contributed by atoms with van der Waals surface area (Å²) in [7, 11) is 0. The van der Waals surface area contributed by atoms with Crippen LogP contribution in [-0.4, -0.2) is 43.4 Å². The number of phenols is 5. The molecule has 136 valence electrons. The summed E-state index contributed by atoms with van der Waals surface area (Å²) in [4.78, 5) is 24.1. The van der Waals surface area contributed by atoms with Gasteiger partial charge in [-0.05, 0) is 12.1 Å². The Morgan fingerprint density at radius 1 is 1.00 bits per heavy atom. The predicted octanol–water partition coefficient (Wildman–Crippen LogP) is 1.46. The van der Waals surface area contributed by atoms with Gasteiger partial charge in [0.15, 0.2) is 23.4 Å². The molecule has 1 aliphatic rings. The van der Waals surface area contributed by atoms with Crippen LogP contribution in [-0.2, 0) is 9.53 Å². The van der Waals surface area contributed by atoms with Gasteiger partial charge in [-0.15, -0.1) is 0 Å². The zero-order valence-electron chi connectivity index (χ0n) is 13.3. The molecular formula is C17H14O9. The summed E-state index contributed by atoms with van der Waals surface area (Å²) in [6.45, 7) is 1.07. The van der Waals surface area contributed by atoms with Crippen LogP contribution in [0.15, 0.2) is 24.3 Å². The quantitative estimate of drug-likeness (QED) is 0.394. The van der Waals surface area contributed by atoms with Crippen molar-refractivity contribution in [2.45, 2.75) is 19.1 Å². The average Bonchev–Trinajstić information content (AvgIpc) is 2.53. The van der Waals surface area contributed by atoms with Gasteiger partial charge >= 0.3 is 5.97 Å². The third kappa shape index (κ3) is 2.79. The number of esters is 1. The van der Waals surface area contributed by atoms with Crippen LogP contribution in [0.5, 0.6) is 34.5 Å². The van der Waals surface area contributed by atoms with E-state index in [4.69, 9.17) is 9.47 Å². The Bertz CT molecular complexity index is 896. The lowest BCUT2D eigenvalue weighted by Crippen LogP contribution is -2.39. The van der Waals surface area contributed by atoms with Gasteiger partial charge in [-0.1, -0.05) is 0 Å². The Morgan fingerprint density at radius 2 is 1.62 bits per heavy atom. The summed E-state index contributed by atoms with van der Waals surface area (Å²) in [5, 5.41) is 48.4. The Hall–Kier alpha value is -3.62. The fourth-order valence-corrected chi connectivity index (χ4v) is 2.73. The maximum atomic E-state index is 12.7. The van der Waals surface area contributed by atoms with E-state index < -0.39 is 47.0 Å². The minimum atomic E-state index is -1.53. The number of ether oxygens (including phenoxy) is 2. The summed E-state index contributed by atoms with van der Waals surface area (Å²) in [5.74, 6) is -4.82. The molecular weight excluding hydrogens is 348 g/mol. The van der Waals surface area contributed by atoms with Crippen LogP contribution in [0.25, 0.3) is 0 Å². The third-order valence-electron chi connectivity index (χ3n) is 3.81. The van der Waals surface area contributed by atoms with E-state index in [0.29, 0.717) is 0 Å². The van der Waals surface area contributed by atoms with Crippen LogP contribution in [0.3, 0.4) is 0 Å². The molecule has 0 aliphatic carbocycles. The molecule has 9 heteroatoms. The van der Waals surface area contributed by atoms with Crippen molar-refractivity contribution < 1.29 is 44.6 Å². The highest BCUT2D eigenvalue weighted by Gasteiger charge is 2.43. The van der Waals surface area contributed by atoms with Crippen LogP contribution >= 0.6 is 0 Å². The predicted molar refractivity (Wildman–Crippen MR) is 84.5 cm³/mol. The molecule has 5 N–H and O–H groups in total. The maximum Gasteiger partial charge on any atom is 0.303 e. The number of benzene rings is 2. The van der Waals surface area contributed by atoms with Crippen LogP contribution in [0.4, 0.5) is 0 Å². The highest BCUT2D eigenvalue weighted by Crippen LogP contribution is 2.45. The van der Waals surface area contributed by atoms with Crippen LogP contribution < -0.4 is 4.74 Å². The molecule has 0 aromatic heterocycles. The van der Waals surface area contributed by atoms with Crippen LogP contribution in [0.2, 0.25) is 0 Å². The standard InChI is InChI=1S/C17H14O9/c1-6(18)25-17-15(24)13-9(20)4-8(19)5-12(13)26-16(17)7-2-10(21)14(23)11(22)3-7/h2-5,16-17,19-23H,1H3. The highest BCUT2D eigenvalue weighted by atomic mass is 16.6. The first kappa shape index (κ1) is 17.2. The van der Waals surface area contributed by atoms with Gasteiger partial charge in [-0.2, -0.15) is 0 Å². The highest BCUT2D eigenvalue weighted by molar-refractivity contribution is 6.06. The normalized spacial score (nSPS) is 18.7. The van der Waals surface area contributed by atoms with Crippen molar-refractivity contribution in [3.63, 3.8) is 0 Å². The van der Waals surface area contributed by atoms with Crippen molar-refractivity contribution in [2.75, 3.05) is 0 Å². The number of aromatic hydroxyl groups is 5. The molecule has 0 amide bonds. The number of Topliss-reactive ketones (excluding diaryl/α,β-unsaturated/α-hetero) is 1. The molecule has 9 nitrogen and oxygen atoms in total. The van der Waals surface area contributed by atoms with Crippen molar-refractivity contribution in [1.29, 1.82) is 0 Å². The second-order valence-corrected chi connectivity index (χ2v) is 5.68. The van der Waals surface area contributed by atoms with Gasteiger partial charge in [-0.25, -0.2) is 0 Å². The van der Waals surface area contributed by atoms with Gasteiger partial charge in [-0.3, -0.25) is 9.59 Å². The largest absolute Gasteiger partial charge is 0.508 e. The van der Waals surface area contributed by atoms with Gasteiger partial charge in [0.25, 0.3) is 0 Å². The van der Waals surface area contributed by atoms with E-state index in [2.05, 4.69) is 0 Å². The monoisotopic (exact) mass is 362 g/mol. The van der Waals surface area contributed by atoms with Gasteiger partial charge in [0, 0.05) is 24.6 Å². The Morgan fingerprint density at radius 3 is 2.19 bits per heavy atom. The van der Waals surface area contributed by atoms with E-state index in [1.54, 1.807) is 0 Å². The smallest absolute Gasteiger partial charge is 0.303 e. The van der Waals surface area contributed by atoms with Gasteiger partial charge < -0.3 is 35.0 Å². The zero-order chi connectivity index (χ0) is 19.2. The van der Waals surface area contributed by atoms with E-state index in [9.17, 15) is 35.1 Å². The first-order chi connectivity index (χ1) is 12.2. The summed E-state index contributed by atoms with van der Waals surface area (Å²) >= 11 is 0. The van der Waals surface area contributed by atoms with E-state index in [1.807, 2.05) is 0 Å². The fraction of sp³-hybridized carbons (Fsp3) is 0.176. The zero-order valence-corrected chi connectivity index (χ0v) is 13.3. The second kappa shape index (κ2) is 6.03. The molecule has 2 atom stereocenters. The number of fused-ring (bicyclic) bond motifs is 1. The molecule has 0 radical (unpaired) electrons. The topological polar surface area (TPSA) is 154 Å². The molecule has 0 fully saturated rings. The molecule has 0 spiro atoms. The number of carbonyl (C=O) groups is 2. The number of ketones is 1. The minimum absolute atomic E-state index is 0.0193. The summed E-state index contributed by atoms with van der Waals surface area (Å²) in [6.07, 6.45) is -2.84. The summed E-state index contributed by atoms with van der Waals surface area (Å²) < 4.78 is 10.6.